The van der Waals surface area contributed by atoms with Gasteiger partial charge in [-0.05, 0) is 48.5 Å². The van der Waals surface area contributed by atoms with Gasteiger partial charge in [0.05, 0.1) is 21.4 Å². The number of hydrogen-bond donors (Lipinski definition) is 2. The van der Waals surface area contributed by atoms with Crippen LogP contribution in [0.3, 0.4) is 0 Å². The van der Waals surface area contributed by atoms with E-state index in [4.69, 9.17) is 23.2 Å². The average Bonchev–Trinajstić information content (AvgIpc) is 2.66. The molecule has 0 saturated carbocycles. The van der Waals surface area contributed by atoms with E-state index in [1.165, 1.54) is 12.4 Å². The predicted octanol–water partition coefficient (Wildman–Crippen LogP) is 7.43. The van der Waals surface area contributed by atoms with Crippen LogP contribution in [0.4, 0.5) is 11.4 Å². The molecule has 0 aliphatic rings. The molecule has 0 heterocycles. The van der Waals surface area contributed by atoms with Crippen LogP contribution in [0.5, 0.6) is 11.5 Å². The molecular weight excluding hydrogens is 531 g/mol. The van der Waals surface area contributed by atoms with Crippen molar-refractivity contribution in [2.24, 2.45) is 9.98 Å². The topological polar surface area (TPSA) is 65.2 Å². The van der Waals surface area contributed by atoms with Gasteiger partial charge >= 0.3 is 0 Å². The molecule has 0 atom stereocenters. The van der Waals surface area contributed by atoms with Crippen molar-refractivity contribution in [3.8, 4) is 11.5 Å². The molecule has 0 unspecified atom stereocenters. The molecule has 2 N–H and O–H groups in total. The summed E-state index contributed by atoms with van der Waals surface area (Å²) in [5.41, 5.74) is 1.95. The molecule has 4 nitrogen and oxygen atoms in total. The van der Waals surface area contributed by atoms with Crippen molar-refractivity contribution in [2.75, 3.05) is 0 Å². The molecular formula is C20H12Br2Cl2N2O2. The number of aromatic hydroxyl groups is 2. The van der Waals surface area contributed by atoms with Crippen LogP contribution < -0.4 is 0 Å². The first kappa shape index (κ1) is 20.9. The van der Waals surface area contributed by atoms with Crippen LogP contribution in [-0.2, 0) is 0 Å². The first-order chi connectivity index (χ1) is 13.3. The Kier molecular flexibility index (Phi) is 6.78. The number of nitrogens with zero attached hydrogens (tertiary/aromatic N) is 2. The number of benzene rings is 3. The summed E-state index contributed by atoms with van der Waals surface area (Å²) in [5, 5.41) is 20.5. The van der Waals surface area contributed by atoms with Gasteiger partial charge in [-0.2, -0.15) is 0 Å². The number of aliphatic imine (C=N–C) groups is 2. The van der Waals surface area contributed by atoms with Crippen molar-refractivity contribution in [1.82, 2.24) is 0 Å². The molecule has 142 valence electrons. The number of rotatable bonds is 4. The van der Waals surface area contributed by atoms with E-state index >= 15 is 0 Å². The number of phenols is 2. The van der Waals surface area contributed by atoms with Crippen LogP contribution >= 0.6 is 55.1 Å². The molecule has 0 aromatic heterocycles. The van der Waals surface area contributed by atoms with E-state index in [0.717, 1.165) is 8.95 Å². The zero-order valence-electron chi connectivity index (χ0n) is 14.1. The lowest BCUT2D eigenvalue weighted by molar-refractivity contribution is 0.474. The smallest absolute Gasteiger partial charge is 0.124 e. The largest absolute Gasteiger partial charge is 0.507 e. The van der Waals surface area contributed by atoms with Gasteiger partial charge in [-0.15, -0.1) is 0 Å². The Morgan fingerprint density at radius 3 is 1.46 bits per heavy atom. The maximum Gasteiger partial charge on any atom is 0.124 e. The molecule has 3 rings (SSSR count). The van der Waals surface area contributed by atoms with Crippen molar-refractivity contribution in [2.45, 2.75) is 0 Å². The van der Waals surface area contributed by atoms with Gasteiger partial charge in [0, 0.05) is 32.5 Å². The summed E-state index contributed by atoms with van der Waals surface area (Å²) in [6, 6.07) is 13.2. The summed E-state index contributed by atoms with van der Waals surface area (Å²) in [6.45, 7) is 0. The van der Waals surface area contributed by atoms with Crippen molar-refractivity contribution in [3.63, 3.8) is 0 Å². The zero-order chi connectivity index (χ0) is 20.3. The highest BCUT2D eigenvalue weighted by Gasteiger charge is 2.07. The fourth-order valence-electron chi connectivity index (χ4n) is 2.26. The van der Waals surface area contributed by atoms with Crippen molar-refractivity contribution < 1.29 is 10.2 Å². The van der Waals surface area contributed by atoms with Gasteiger partial charge in [0.2, 0.25) is 0 Å². The second-order valence-electron chi connectivity index (χ2n) is 5.68. The van der Waals surface area contributed by atoms with E-state index in [9.17, 15) is 10.2 Å². The quantitative estimate of drug-likeness (QED) is 0.337. The van der Waals surface area contributed by atoms with Crippen LogP contribution in [0.15, 0.2) is 67.5 Å². The van der Waals surface area contributed by atoms with E-state index < -0.39 is 0 Å². The van der Waals surface area contributed by atoms with Crippen molar-refractivity contribution in [1.29, 1.82) is 0 Å². The zero-order valence-corrected chi connectivity index (χ0v) is 18.8. The number of hydrogen-bond acceptors (Lipinski definition) is 4. The van der Waals surface area contributed by atoms with E-state index in [2.05, 4.69) is 41.8 Å². The Morgan fingerprint density at radius 2 is 1.07 bits per heavy atom. The monoisotopic (exact) mass is 540 g/mol. The maximum atomic E-state index is 9.89. The molecule has 0 aliphatic carbocycles. The van der Waals surface area contributed by atoms with Crippen molar-refractivity contribution in [3.05, 3.63) is 78.6 Å². The average molecular weight is 543 g/mol. The highest BCUT2D eigenvalue weighted by atomic mass is 79.9. The number of phenolic OH excluding ortho intramolecular Hbond substituents is 2. The highest BCUT2D eigenvalue weighted by Crippen LogP contribution is 2.36. The molecule has 3 aromatic rings. The summed E-state index contributed by atoms with van der Waals surface area (Å²) in [7, 11) is 0. The van der Waals surface area contributed by atoms with Gasteiger partial charge in [0.25, 0.3) is 0 Å². The lowest BCUT2D eigenvalue weighted by Crippen LogP contribution is -1.84. The lowest BCUT2D eigenvalue weighted by Gasteiger charge is -2.05. The summed E-state index contributed by atoms with van der Waals surface area (Å²) in [4.78, 5) is 8.61. The van der Waals surface area contributed by atoms with Crippen LogP contribution in [-0.4, -0.2) is 22.6 Å². The van der Waals surface area contributed by atoms with Gasteiger partial charge in [0.1, 0.15) is 11.5 Å². The lowest BCUT2D eigenvalue weighted by atomic mass is 10.2. The summed E-state index contributed by atoms with van der Waals surface area (Å²) in [5.74, 6) is 0.202. The molecule has 0 aliphatic heterocycles. The first-order valence-electron chi connectivity index (χ1n) is 7.87. The maximum absolute atomic E-state index is 9.89. The third-order valence-corrected chi connectivity index (χ3v) is 5.27. The number of halogens is 4. The minimum atomic E-state index is 0.101. The van der Waals surface area contributed by atoms with Gasteiger partial charge in [-0.3, -0.25) is 9.98 Å². The SMILES string of the molecule is Oc1ccc(Br)cc1C=Nc1cc(Cl)c(N=Cc2cc(Br)ccc2O)cc1Cl. The molecule has 0 radical (unpaired) electrons. The van der Waals surface area contributed by atoms with E-state index in [1.807, 2.05) is 0 Å². The molecule has 0 bridgehead atoms. The van der Waals surface area contributed by atoms with Crippen LogP contribution in [0.2, 0.25) is 10.0 Å². The van der Waals surface area contributed by atoms with E-state index in [0.29, 0.717) is 32.5 Å². The summed E-state index contributed by atoms with van der Waals surface area (Å²) in [6.07, 6.45) is 3.00. The Morgan fingerprint density at radius 1 is 0.679 bits per heavy atom. The Labute approximate surface area is 188 Å². The second kappa shape index (κ2) is 9.09. The summed E-state index contributed by atoms with van der Waals surface area (Å²) >= 11 is 19.3. The molecule has 0 spiro atoms. The Bertz CT molecular complexity index is 1010. The first-order valence-corrected chi connectivity index (χ1v) is 10.2. The Balaban J connectivity index is 1.88. The second-order valence-corrected chi connectivity index (χ2v) is 8.32. The van der Waals surface area contributed by atoms with Gasteiger partial charge < -0.3 is 10.2 Å². The fraction of sp³-hybridized carbons (Fsp3) is 0. The van der Waals surface area contributed by atoms with E-state index in [1.54, 1.807) is 48.5 Å². The van der Waals surface area contributed by atoms with Gasteiger partial charge in [0.15, 0.2) is 0 Å². The van der Waals surface area contributed by atoms with Crippen LogP contribution in [0, 0.1) is 0 Å². The molecule has 8 heteroatoms. The molecule has 28 heavy (non-hydrogen) atoms. The van der Waals surface area contributed by atoms with Gasteiger partial charge in [-0.1, -0.05) is 55.1 Å². The minimum Gasteiger partial charge on any atom is -0.507 e. The third-order valence-electron chi connectivity index (χ3n) is 3.68. The fourth-order valence-corrected chi connectivity index (χ4v) is 3.43. The standard InChI is InChI=1S/C20H12Br2Cl2N2O2/c21-13-1-3-19(27)11(5-13)9-25-17-7-16(24)18(8-15(17)23)26-10-12-6-14(22)2-4-20(12)28/h1-10,27-28H. The Hall–Kier alpha value is -1.86. The normalized spacial score (nSPS) is 11.6. The predicted molar refractivity (Wildman–Crippen MR) is 123 cm³/mol. The van der Waals surface area contributed by atoms with E-state index in [-0.39, 0.29) is 11.5 Å². The third kappa shape index (κ3) is 5.14. The molecule has 0 amide bonds. The summed E-state index contributed by atoms with van der Waals surface area (Å²) < 4.78 is 1.63. The minimum absolute atomic E-state index is 0.101. The molecule has 0 fully saturated rings. The highest BCUT2D eigenvalue weighted by molar-refractivity contribution is 9.10. The van der Waals surface area contributed by atoms with Gasteiger partial charge in [-0.25, -0.2) is 0 Å². The molecule has 3 aromatic carbocycles. The van der Waals surface area contributed by atoms with Crippen molar-refractivity contribution >= 4 is 78.9 Å². The van der Waals surface area contributed by atoms with Crippen LogP contribution in [0.1, 0.15) is 11.1 Å². The van der Waals surface area contributed by atoms with Crippen LogP contribution in [0.25, 0.3) is 0 Å². The molecule has 0 saturated heterocycles.